The monoisotopic (exact) mass is 380 g/mol. The first-order chi connectivity index (χ1) is 12.4. The number of piperidine rings is 1. The van der Waals surface area contributed by atoms with Gasteiger partial charge in [-0.3, -0.25) is 4.79 Å². The predicted molar refractivity (Wildman–Crippen MR) is 95.1 cm³/mol. The van der Waals surface area contributed by atoms with E-state index in [1.54, 1.807) is 0 Å². The number of carboxylic acids is 1. The van der Waals surface area contributed by atoms with Gasteiger partial charge in [0.1, 0.15) is 5.75 Å². The minimum Gasteiger partial charge on any atom is -0.493 e. The van der Waals surface area contributed by atoms with Crippen LogP contribution in [0, 0.1) is 11.3 Å². The number of rotatable bonds is 3. The van der Waals surface area contributed by atoms with Crippen molar-refractivity contribution in [3.05, 3.63) is 29.8 Å². The molecule has 0 saturated carbocycles. The lowest BCUT2D eigenvalue weighted by molar-refractivity contribution is -0.150. The molecule has 0 aromatic heterocycles. The van der Waals surface area contributed by atoms with E-state index in [1.165, 1.54) is 8.61 Å². The van der Waals surface area contributed by atoms with Crippen LogP contribution in [-0.2, 0) is 21.4 Å². The van der Waals surface area contributed by atoms with Gasteiger partial charge < -0.3 is 9.84 Å². The summed E-state index contributed by atoms with van der Waals surface area (Å²) < 4.78 is 34.8. The van der Waals surface area contributed by atoms with Crippen LogP contribution in [0.5, 0.6) is 5.75 Å². The molecule has 2 fully saturated rings. The first-order valence-electron chi connectivity index (χ1n) is 9.13. The number of hydrogen-bond acceptors (Lipinski definition) is 4. The summed E-state index contributed by atoms with van der Waals surface area (Å²) in [5.74, 6) is -0.612. The first-order valence-corrected chi connectivity index (χ1v) is 10.5. The molecule has 26 heavy (non-hydrogen) atoms. The lowest BCUT2D eigenvalue weighted by atomic mass is 9.74. The Bertz CT molecular complexity index is 806. The second-order valence-electron chi connectivity index (χ2n) is 7.51. The number of aliphatic carboxylic acids is 1. The Morgan fingerprint density at radius 3 is 2.62 bits per heavy atom. The van der Waals surface area contributed by atoms with Crippen LogP contribution in [-0.4, -0.2) is 60.9 Å². The van der Waals surface area contributed by atoms with Crippen molar-refractivity contribution in [2.45, 2.75) is 25.7 Å². The van der Waals surface area contributed by atoms with Gasteiger partial charge in [-0.25, -0.2) is 0 Å². The molecule has 3 heterocycles. The quantitative estimate of drug-likeness (QED) is 0.855. The van der Waals surface area contributed by atoms with Crippen molar-refractivity contribution in [1.82, 2.24) is 8.61 Å². The molecular weight excluding hydrogens is 356 g/mol. The molecule has 1 aromatic carbocycles. The molecule has 3 aliphatic rings. The number of para-hydroxylation sites is 1. The maximum Gasteiger partial charge on any atom is 0.311 e. The highest BCUT2D eigenvalue weighted by Crippen LogP contribution is 2.45. The van der Waals surface area contributed by atoms with E-state index in [2.05, 4.69) is 0 Å². The van der Waals surface area contributed by atoms with Crippen molar-refractivity contribution >= 4 is 16.2 Å². The van der Waals surface area contributed by atoms with Gasteiger partial charge in [0.15, 0.2) is 0 Å². The van der Waals surface area contributed by atoms with Crippen LogP contribution in [0.3, 0.4) is 0 Å². The highest BCUT2D eigenvalue weighted by molar-refractivity contribution is 7.86. The third-order valence-corrected chi connectivity index (χ3v) is 7.92. The van der Waals surface area contributed by atoms with Gasteiger partial charge in [0.05, 0.1) is 12.0 Å². The second-order valence-corrected chi connectivity index (χ2v) is 9.44. The summed E-state index contributed by atoms with van der Waals surface area (Å²) in [6.07, 6.45) is 3.04. The lowest BCUT2D eigenvalue weighted by Gasteiger charge is -2.31. The Morgan fingerprint density at radius 2 is 1.88 bits per heavy atom. The molecule has 7 nitrogen and oxygen atoms in total. The number of hydrogen-bond donors (Lipinski definition) is 1. The predicted octanol–water partition coefficient (Wildman–Crippen LogP) is 1.35. The maximum atomic E-state index is 13.0. The summed E-state index contributed by atoms with van der Waals surface area (Å²) in [6, 6.07) is 7.42. The third-order valence-electron chi connectivity index (χ3n) is 5.98. The molecule has 0 spiro atoms. The molecule has 4 rings (SSSR count). The average Bonchev–Trinajstić information content (AvgIpc) is 2.95. The van der Waals surface area contributed by atoms with Crippen molar-refractivity contribution in [3.63, 3.8) is 0 Å². The maximum absolute atomic E-state index is 13.0. The largest absolute Gasteiger partial charge is 0.493 e. The van der Waals surface area contributed by atoms with Gasteiger partial charge in [-0.1, -0.05) is 24.6 Å². The average molecular weight is 380 g/mol. The van der Waals surface area contributed by atoms with E-state index in [-0.39, 0.29) is 32.0 Å². The van der Waals surface area contributed by atoms with Crippen LogP contribution in [0.4, 0.5) is 0 Å². The molecule has 2 atom stereocenters. The highest BCUT2D eigenvalue weighted by atomic mass is 32.2. The molecule has 0 radical (unpaired) electrons. The van der Waals surface area contributed by atoms with Gasteiger partial charge in [0, 0.05) is 32.1 Å². The molecule has 0 unspecified atom stereocenters. The Labute approximate surface area is 153 Å². The van der Waals surface area contributed by atoms with Gasteiger partial charge in [-0.2, -0.15) is 17.0 Å². The Kier molecular flexibility index (Phi) is 4.45. The fraction of sp³-hybridized carbons (Fsp3) is 0.611. The molecular formula is C18H24N2O5S. The molecule has 2 saturated heterocycles. The summed E-state index contributed by atoms with van der Waals surface area (Å²) in [6.45, 7) is 1.45. The number of benzene rings is 1. The molecule has 3 aliphatic heterocycles. The van der Waals surface area contributed by atoms with Gasteiger partial charge in [-0.15, -0.1) is 0 Å². The van der Waals surface area contributed by atoms with Crippen LogP contribution in [0.15, 0.2) is 24.3 Å². The zero-order valence-corrected chi connectivity index (χ0v) is 15.5. The first kappa shape index (κ1) is 17.8. The van der Waals surface area contributed by atoms with Crippen molar-refractivity contribution < 1.29 is 23.1 Å². The minimum atomic E-state index is -3.63. The lowest BCUT2D eigenvalue weighted by Crippen LogP contribution is -2.47. The summed E-state index contributed by atoms with van der Waals surface area (Å²) >= 11 is 0. The van der Waals surface area contributed by atoms with Crippen LogP contribution < -0.4 is 4.74 Å². The summed E-state index contributed by atoms with van der Waals surface area (Å²) in [5.41, 5.74) is -0.315. The van der Waals surface area contributed by atoms with Crippen molar-refractivity contribution in [2.75, 3.05) is 32.8 Å². The zero-order valence-electron chi connectivity index (χ0n) is 14.6. The normalized spacial score (nSPS) is 30.1. The van der Waals surface area contributed by atoms with E-state index in [0.29, 0.717) is 18.8 Å². The molecule has 8 heteroatoms. The number of nitrogens with zero attached hydrogens (tertiary/aromatic N) is 2. The van der Waals surface area contributed by atoms with Crippen molar-refractivity contribution in [2.24, 2.45) is 11.3 Å². The summed E-state index contributed by atoms with van der Waals surface area (Å²) in [5, 5.41) is 10.1. The van der Waals surface area contributed by atoms with E-state index in [4.69, 9.17) is 4.74 Å². The molecule has 1 aromatic rings. The minimum absolute atomic E-state index is 0.00350. The standard InChI is InChI=1S/C18H24N2O5S/c21-17(22)18-10-14-6-2-3-7-16(14)25-12-15(18)11-20(13-18)26(23,24)19-8-4-1-5-9-19/h2-3,6-7,15H,1,4-5,8-13H2,(H,21,22)/t15-,18+/m0/s1. The Balaban J connectivity index is 1.66. The van der Waals surface area contributed by atoms with E-state index < -0.39 is 21.6 Å². The second kappa shape index (κ2) is 6.51. The smallest absolute Gasteiger partial charge is 0.311 e. The van der Waals surface area contributed by atoms with E-state index in [0.717, 1.165) is 24.8 Å². The molecule has 0 aliphatic carbocycles. The van der Waals surface area contributed by atoms with Gasteiger partial charge in [-0.05, 0) is 30.9 Å². The van der Waals surface area contributed by atoms with Crippen LogP contribution in [0.2, 0.25) is 0 Å². The van der Waals surface area contributed by atoms with Crippen molar-refractivity contribution in [3.8, 4) is 5.75 Å². The summed E-state index contributed by atoms with van der Waals surface area (Å²) in [7, 11) is -3.63. The highest BCUT2D eigenvalue weighted by Gasteiger charge is 2.57. The Hall–Kier alpha value is -1.64. The van der Waals surface area contributed by atoms with E-state index in [1.807, 2.05) is 24.3 Å². The zero-order chi connectivity index (χ0) is 18.4. The van der Waals surface area contributed by atoms with Crippen molar-refractivity contribution in [1.29, 1.82) is 0 Å². The van der Waals surface area contributed by atoms with Crippen LogP contribution >= 0.6 is 0 Å². The molecule has 1 N–H and O–H groups in total. The fourth-order valence-corrected chi connectivity index (χ4v) is 6.22. The SMILES string of the molecule is O=C(O)[C@@]12Cc3ccccc3OC[C@@H]1CN(S(=O)(=O)N1CCCCC1)C2. The number of ether oxygens (including phenoxy) is 1. The van der Waals surface area contributed by atoms with Gasteiger partial charge >= 0.3 is 5.97 Å². The topological polar surface area (TPSA) is 87.1 Å². The van der Waals surface area contributed by atoms with E-state index in [9.17, 15) is 18.3 Å². The van der Waals surface area contributed by atoms with Gasteiger partial charge in [0.25, 0.3) is 10.2 Å². The van der Waals surface area contributed by atoms with E-state index >= 15 is 0 Å². The summed E-state index contributed by atoms with van der Waals surface area (Å²) in [4.78, 5) is 12.3. The number of carboxylic acid groups (broad SMARTS) is 1. The van der Waals surface area contributed by atoms with Crippen LogP contribution in [0.1, 0.15) is 24.8 Å². The third kappa shape index (κ3) is 2.80. The Morgan fingerprint density at radius 1 is 1.15 bits per heavy atom. The van der Waals surface area contributed by atoms with Gasteiger partial charge in [0.2, 0.25) is 0 Å². The number of carbonyl (C=O) groups is 1. The number of fused-ring (bicyclic) bond motifs is 2. The fourth-order valence-electron chi connectivity index (χ4n) is 4.41. The van der Waals surface area contributed by atoms with Crippen LogP contribution in [0.25, 0.3) is 0 Å². The molecule has 0 amide bonds. The molecule has 0 bridgehead atoms. The molecule has 142 valence electrons.